The lowest BCUT2D eigenvalue weighted by Crippen LogP contribution is -2.31. The minimum absolute atomic E-state index is 0.559. The summed E-state index contributed by atoms with van der Waals surface area (Å²) in [5.41, 5.74) is 0. The van der Waals surface area contributed by atoms with E-state index in [2.05, 4.69) is 39.8 Å². The lowest BCUT2D eigenvalue weighted by atomic mass is 10.2. The Balaban J connectivity index is 1.82. The Kier molecular flexibility index (Phi) is 2.97. The lowest BCUT2D eigenvalue weighted by molar-refractivity contribution is 0.704. The molecular weight excluding hydrogens is 264 g/mol. The minimum atomic E-state index is 0.559. The summed E-state index contributed by atoms with van der Waals surface area (Å²) in [4.78, 5) is 13.9. The second-order valence-corrected chi connectivity index (χ2v) is 6.31. The van der Waals surface area contributed by atoms with Crippen LogP contribution in [-0.2, 0) is 0 Å². The van der Waals surface area contributed by atoms with Crippen molar-refractivity contribution in [2.45, 2.75) is 51.6 Å². The third-order valence-electron chi connectivity index (χ3n) is 4.91. The molecular formula is C15H22N6. The fourth-order valence-electron chi connectivity index (χ4n) is 3.68. The Morgan fingerprint density at radius 2 is 1.76 bits per heavy atom. The first kappa shape index (κ1) is 12.9. The fourth-order valence-corrected chi connectivity index (χ4v) is 3.68. The largest absolute Gasteiger partial charge is 0.354 e. The zero-order valence-electron chi connectivity index (χ0n) is 12.7. The number of anilines is 2. The molecule has 21 heavy (non-hydrogen) atoms. The van der Waals surface area contributed by atoms with E-state index in [-0.39, 0.29) is 0 Å². The van der Waals surface area contributed by atoms with Crippen LogP contribution in [0.25, 0.3) is 5.78 Å². The predicted octanol–water partition coefficient (Wildman–Crippen LogP) is 2.10. The molecule has 2 atom stereocenters. The van der Waals surface area contributed by atoms with Crippen LogP contribution in [-0.4, -0.2) is 44.8 Å². The Hall–Kier alpha value is -1.85. The highest BCUT2D eigenvalue weighted by atomic mass is 15.4. The van der Waals surface area contributed by atoms with Crippen molar-refractivity contribution >= 4 is 17.4 Å². The third kappa shape index (κ3) is 2.04. The molecule has 2 saturated heterocycles. The molecule has 0 bridgehead atoms. The van der Waals surface area contributed by atoms with Gasteiger partial charge in [-0.05, 0) is 39.5 Å². The summed E-state index contributed by atoms with van der Waals surface area (Å²) < 4.78 is 1.88. The molecule has 0 aromatic carbocycles. The first-order valence-corrected chi connectivity index (χ1v) is 7.98. The SMILES string of the molecule is C[C@@H]1CCCN1c1cc(N2CCC[C@@H]2C)n2ncnc2n1. The topological polar surface area (TPSA) is 49.6 Å². The normalized spacial score (nSPS) is 26.2. The van der Waals surface area contributed by atoms with Crippen molar-refractivity contribution in [3.63, 3.8) is 0 Å². The summed E-state index contributed by atoms with van der Waals surface area (Å²) >= 11 is 0. The monoisotopic (exact) mass is 286 g/mol. The van der Waals surface area contributed by atoms with Crippen LogP contribution >= 0.6 is 0 Å². The molecule has 112 valence electrons. The van der Waals surface area contributed by atoms with E-state index in [1.54, 1.807) is 6.33 Å². The second kappa shape index (κ2) is 4.86. The number of nitrogens with zero attached hydrogens (tertiary/aromatic N) is 6. The summed E-state index contributed by atoms with van der Waals surface area (Å²) in [7, 11) is 0. The second-order valence-electron chi connectivity index (χ2n) is 6.31. The summed E-state index contributed by atoms with van der Waals surface area (Å²) in [5.74, 6) is 2.90. The first-order chi connectivity index (χ1) is 10.2. The molecule has 0 saturated carbocycles. The molecule has 0 N–H and O–H groups in total. The molecule has 4 heterocycles. The molecule has 2 fully saturated rings. The van der Waals surface area contributed by atoms with Gasteiger partial charge < -0.3 is 9.80 Å². The van der Waals surface area contributed by atoms with E-state index in [1.165, 1.54) is 25.7 Å². The van der Waals surface area contributed by atoms with Gasteiger partial charge in [0.1, 0.15) is 18.0 Å². The number of hydrogen-bond acceptors (Lipinski definition) is 5. The van der Waals surface area contributed by atoms with Gasteiger partial charge in [-0.15, -0.1) is 0 Å². The van der Waals surface area contributed by atoms with Gasteiger partial charge in [0.25, 0.3) is 5.78 Å². The Morgan fingerprint density at radius 1 is 1.05 bits per heavy atom. The molecule has 6 heteroatoms. The summed E-state index contributed by atoms with van der Waals surface area (Å²) in [6.45, 7) is 6.75. The average molecular weight is 286 g/mol. The Morgan fingerprint density at radius 3 is 2.43 bits per heavy atom. The van der Waals surface area contributed by atoms with Crippen molar-refractivity contribution in [2.75, 3.05) is 22.9 Å². The third-order valence-corrected chi connectivity index (χ3v) is 4.91. The highest BCUT2D eigenvalue weighted by Crippen LogP contribution is 2.30. The molecule has 0 amide bonds. The quantitative estimate of drug-likeness (QED) is 0.846. The molecule has 0 aliphatic carbocycles. The summed E-state index contributed by atoms with van der Waals surface area (Å²) in [6.07, 6.45) is 6.58. The average Bonchev–Trinajstić information content (AvgIpc) is 3.17. The van der Waals surface area contributed by atoms with Gasteiger partial charge in [0, 0.05) is 31.2 Å². The van der Waals surface area contributed by atoms with Crippen LogP contribution in [0, 0.1) is 0 Å². The molecule has 2 aromatic rings. The zero-order chi connectivity index (χ0) is 14.4. The van der Waals surface area contributed by atoms with Crippen molar-refractivity contribution in [3.05, 3.63) is 12.4 Å². The van der Waals surface area contributed by atoms with Gasteiger partial charge in [0.05, 0.1) is 0 Å². The Labute approximate surface area is 124 Å². The van der Waals surface area contributed by atoms with E-state index < -0.39 is 0 Å². The van der Waals surface area contributed by atoms with E-state index in [4.69, 9.17) is 4.98 Å². The molecule has 2 aromatic heterocycles. The van der Waals surface area contributed by atoms with E-state index >= 15 is 0 Å². The van der Waals surface area contributed by atoms with E-state index in [0.717, 1.165) is 24.7 Å². The lowest BCUT2D eigenvalue weighted by Gasteiger charge is -2.27. The maximum Gasteiger partial charge on any atom is 0.256 e. The van der Waals surface area contributed by atoms with Crippen molar-refractivity contribution in [1.29, 1.82) is 0 Å². The van der Waals surface area contributed by atoms with E-state index in [9.17, 15) is 0 Å². The van der Waals surface area contributed by atoms with Gasteiger partial charge in [-0.2, -0.15) is 19.6 Å². The molecule has 0 radical (unpaired) electrons. The van der Waals surface area contributed by atoms with Crippen molar-refractivity contribution in [3.8, 4) is 0 Å². The molecule has 0 spiro atoms. The van der Waals surface area contributed by atoms with Gasteiger partial charge in [-0.3, -0.25) is 0 Å². The van der Waals surface area contributed by atoms with Gasteiger partial charge in [0.2, 0.25) is 0 Å². The van der Waals surface area contributed by atoms with Crippen molar-refractivity contribution in [2.24, 2.45) is 0 Å². The van der Waals surface area contributed by atoms with Crippen LogP contribution in [0.15, 0.2) is 12.4 Å². The van der Waals surface area contributed by atoms with Crippen LogP contribution in [0.1, 0.15) is 39.5 Å². The van der Waals surface area contributed by atoms with Crippen LogP contribution in [0.3, 0.4) is 0 Å². The first-order valence-electron chi connectivity index (χ1n) is 7.98. The molecule has 4 rings (SSSR count). The molecule has 6 nitrogen and oxygen atoms in total. The number of hydrogen-bond donors (Lipinski definition) is 0. The van der Waals surface area contributed by atoms with E-state index in [1.807, 2.05) is 4.52 Å². The van der Waals surface area contributed by atoms with Gasteiger partial charge in [0.15, 0.2) is 0 Å². The molecule has 0 unspecified atom stereocenters. The van der Waals surface area contributed by atoms with Crippen LogP contribution in [0.5, 0.6) is 0 Å². The van der Waals surface area contributed by atoms with Crippen molar-refractivity contribution in [1.82, 2.24) is 19.6 Å². The van der Waals surface area contributed by atoms with Crippen LogP contribution in [0.2, 0.25) is 0 Å². The van der Waals surface area contributed by atoms with Gasteiger partial charge in [-0.1, -0.05) is 0 Å². The standard InChI is InChI=1S/C15H22N6/c1-11-5-3-7-19(11)13-9-14(20-8-4-6-12(20)2)21-15(18-13)16-10-17-21/h9-12H,3-8H2,1-2H3/t11-,12+/m1/s1. The maximum absolute atomic E-state index is 4.71. The zero-order valence-corrected chi connectivity index (χ0v) is 12.7. The Bertz CT molecular complexity index is 651. The van der Waals surface area contributed by atoms with Gasteiger partial charge >= 0.3 is 0 Å². The summed E-state index contributed by atoms with van der Waals surface area (Å²) in [6, 6.07) is 3.32. The van der Waals surface area contributed by atoms with Gasteiger partial charge in [-0.25, -0.2) is 0 Å². The van der Waals surface area contributed by atoms with E-state index in [0.29, 0.717) is 17.9 Å². The number of fused-ring (bicyclic) bond motifs is 1. The molecule has 2 aliphatic heterocycles. The number of rotatable bonds is 2. The minimum Gasteiger partial charge on any atom is -0.354 e. The predicted molar refractivity (Wildman–Crippen MR) is 82.9 cm³/mol. The highest BCUT2D eigenvalue weighted by Gasteiger charge is 2.27. The highest BCUT2D eigenvalue weighted by molar-refractivity contribution is 5.58. The number of aromatic nitrogens is 4. The fraction of sp³-hybridized carbons (Fsp3) is 0.667. The summed E-state index contributed by atoms with van der Waals surface area (Å²) in [5, 5.41) is 4.37. The van der Waals surface area contributed by atoms with Crippen LogP contribution in [0.4, 0.5) is 11.6 Å². The van der Waals surface area contributed by atoms with Crippen LogP contribution < -0.4 is 9.80 Å². The maximum atomic E-state index is 4.71. The smallest absolute Gasteiger partial charge is 0.256 e. The van der Waals surface area contributed by atoms with Crippen molar-refractivity contribution < 1.29 is 0 Å². The molecule has 2 aliphatic rings.